The van der Waals surface area contributed by atoms with Gasteiger partial charge in [0.2, 0.25) is 0 Å². The summed E-state index contributed by atoms with van der Waals surface area (Å²) >= 11 is 5.81. The molecule has 1 heterocycles. The predicted octanol–water partition coefficient (Wildman–Crippen LogP) is 6.34. The van der Waals surface area contributed by atoms with Crippen molar-refractivity contribution >= 4 is 44.7 Å². The van der Waals surface area contributed by atoms with Crippen LogP contribution in [0, 0.1) is 0 Å². The highest BCUT2D eigenvalue weighted by molar-refractivity contribution is 9.10. The van der Waals surface area contributed by atoms with E-state index in [-0.39, 0.29) is 6.04 Å². The maximum atomic E-state index is 12.4. The van der Waals surface area contributed by atoms with E-state index in [0.717, 1.165) is 26.8 Å². The van der Waals surface area contributed by atoms with Crippen LogP contribution < -0.4 is 5.32 Å². The minimum atomic E-state index is -4.16. The zero-order chi connectivity index (χ0) is 15.5. The second-order valence-electron chi connectivity index (χ2n) is 4.43. The third-order valence-electron chi connectivity index (χ3n) is 2.66. The van der Waals surface area contributed by atoms with Gasteiger partial charge in [-0.3, -0.25) is 0 Å². The van der Waals surface area contributed by atoms with E-state index < -0.39 is 11.9 Å². The van der Waals surface area contributed by atoms with E-state index in [9.17, 15) is 13.2 Å². The molecule has 0 aliphatic heterocycles. The lowest BCUT2D eigenvalue weighted by Crippen LogP contribution is -2.11. The Morgan fingerprint density at radius 2 is 2.05 bits per heavy atom. The van der Waals surface area contributed by atoms with Gasteiger partial charge in [-0.1, -0.05) is 12.1 Å². The second kappa shape index (κ2) is 7.07. The number of para-hydroxylation sites is 1. The number of nitrogens with one attached hydrogen (secondary N) is 1. The standard InChI is InChI=1S/C14H13BrF3NS2/c1-9(13-6-10(15)7-20-13)19-11-4-2-3-5-12(11)21-8-14(16,17)18/h2-7,9,19H,8H2,1H3. The molecular weight excluding hydrogens is 383 g/mol. The summed E-state index contributed by atoms with van der Waals surface area (Å²) in [5.41, 5.74) is 0.726. The monoisotopic (exact) mass is 395 g/mol. The van der Waals surface area contributed by atoms with Crippen LogP contribution >= 0.6 is 39.0 Å². The molecule has 0 fully saturated rings. The van der Waals surface area contributed by atoms with E-state index in [1.807, 2.05) is 24.4 Å². The zero-order valence-electron chi connectivity index (χ0n) is 11.1. The van der Waals surface area contributed by atoms with E-state index in [1.165, 1.54) is 0 Å². The number of thiophene rings is 1. The van der Waals surface area contributed by atoms with Crippen LogP contribution in [-0.4, -0.2) is 11.9 Å². The zero-order valence-corrected chi connectivity index (χ0v) is 14.3. The van der Waals surface area contributed by atoms with Gasteiger partial charge in [-0.2, -0.15) is 13.2 Å². The van der Waals surface area contributed by atoms with Crippen molar-refractivity contribution in [3.05, 3.63) is 45.1 Å². The summed E-state index contributed by atoms with van der Waals surface area (Å²) in [6.45, 7) is 1.99. The van der Waals surface area contributed by atoms with Crippen LogP contribution in [0.3, 0.4) is 0 Å². The van der Waals surface area contributed by atoms with Crippen LogP contribution in [-0.2, 0) is 0 Å². The molecule has 0 saturated heterocycles. The Hall–Kier alpha value is -0.660. The Bertz CT molecular complexity index is 598. The fourth-order valence-electron chi connectivity index (χ4n) is 1.73. The van der Waals surface area contributed by atoms with Crippen molar-refractivity contribution in [2.24, 2.45) is 0 Å². The van der Waals surface area contributed by atoms with Crippen LogP contribution in [0.4, 0.5) is 18.9 Å². The molecule has 0 aliphatic rings. The van der Waals surface area contributed by atoms with Gasteiger partial charge in [0, 0.05) is 25.3 Å². The minimum Gasteiger partial charge on any atom is -0.377 e. The summed E-state index contributed by atoms with van der Waals surface area (Å²) in [4.78, 5) is 1.73. The topological polar surface area (TPSA) is 12.0 Å². The normalized spacial score (nSPS) is 13.2. The first-order chi connectivity index (χ1) is 9.85. The first-order valence-corrected chi connectivity index (χ1v) is 8.80. The number of thioether (sulfide) groups is 1. The van der Waals surface area contributed by atoms with Crippen molar-refractivity contribution in [1.82, 2.24) is 0 Å². The van der Waals surface area contributed by atoms with E-state index in [0.29, 0.717) is 4.90 Å². The summed E-state index contributed by atoms with van der Waals surface area (Å²) in [6, 6.07) is 9.11. The van der Waals surface area contributed by atoms with Gasteiger partial charge in [-0.15, -0.1) is 23.1 Å². The molecule has 1 aromatic heterocycles. The first kappa shape index (κ1) is 16.7. The van der Waals surface area contributed by atoms with Crippen molar-refractivity contribution in [3.8, 4) is 0 Å². The van der Waals surface area contributed by atoms with Crippen molar-refractivity contribution < 1.29 is 13.2 Å². The number of benzene rings is 1. The summed E-state index contributed by atoms with van der Waals surface area (Å²) in [5.74, 6) is -0.884. The summed E-state index contributed by atoms with van der Waals surface area (Å²) in [6.07, 6.45) is -4.16. The molecule has 0 radical (unpaired) electrons. The molecule has 0 aliphatic carbocycles. The number of hydrogen-bond donors (Lipinski definition) is 1. The van der Waals surface area contributed by atoms with E-state index in [4.69, 9.17) is 0 Å². The Morgan fingerprint density at radius 3 is 2.67 bits per heavy atom. The molecule has 0 spiro atoms. The van der Waals surface area contributed by atoms with Gasteiger partial charge >= 0.3 is 6.18 Å². The molecule has 1 atom stereocenters. The van der Waals surface area contributed by atoms with Crippen molar-refractivity contribution in [2.75, 3.05) is 11.1 Å². The van der Waals surface area contributed by atoms with Crippen LogP contribution in [0.1, 0.15) is 17.8 Å². The lowest BCUT2D eigenvalue weighted by molar-refractivity contribution is -0.105. The van der Waals surface area contributed by atoms with Gasteiger partial charge in [0.25, 0.3) is 0 Å². The van der Waals surface area contributed by atoms with Crippen molar-refractivity contribution in [2.45, 2.75) is 24.0 Å². The Kier molecular flexibility index (Phi) is 5.62. The van der Waals surface area contributed by atoms with Gasteiger partial charge < -0.3 is 5.32 Å². The van der Waals surface area contributed by atoms with Crippen molar-refractivity contribution in [1.29, 1.82) is 0 Å². The third kappa shape index (κ3) is 5.23. The fourth-order valence-corrected chi connectivity index (χ4v) is 3.96. The molecular formula is C14H13BrF3NS2. The molecule has 2 aromatic rings. The number of hydrogen-bond acceptors (Lipinski definition) is 3. The molecule has 1 N–H and O–H groups in total. The van der Waals surface area contributed by atoms with Crippen molar-refractivity contribution in [3.63, 3.8) is 0 Å². The van der Waals surface area contributed by atoms with Gasteiger partial charge in [0.1, 0.15) is 0 Å². The highest BCUT2D eigenvalue weighted by Crippen LogP contribution is 2.35. The second-order valence-corrected chi connectivity index (χ2v) is 7.31. The molecule has 7 heteroatoms. The third-order valence-corrected chi connectivity index (χ3v) is 5.68. The van der Waals surface area contributed by atoms with Crippen LogP contribution in [0.2, 0.25) is 0 Å². The fraction of sp³-hybridized carbons (Fsp3) is 0.286. The Balaban J connectivity index is 2.09. The summed E-state index contributed by atoms with van der Waals surface area (Å²) in [7, 11) is 0. The molecule has 1 unspecified atom stereocenters. The lowest BCUT2D eigenvalue weighted by atomic mass is 10.2. The first-order valence-electron chi connectivity index (χ1n) is 6.14. The number of alkyl halides is 3. The maximum absolute atomic E-state index is 12.4. The quantitative estimate of drug-likeness (QED) is 0.592. The van der Waals surface area contributed by atoms with Crippen LogP contribution in [0.25, 0.3) is 0 Å². The Morgan fingerprint density at radius 1 is 1.33 bits per heavy atom. The molecule has 0 saturated carbocycles. The molecule has 0 amide bonds. The molecule has 0 bridgehead atoms. The van der Waals surface area contributed by atoms with Gasteiger partial charge in [0.05, 0.1) is 11.8 Å². The maximum Gasteiger partial charge on any atom is 0.398 e. The number of halogens is 4. The van der Waals surface area contributed by atoms with E-state index in [1.54, 1.807) is 29.5 Å². The minimum absolute atomic E-state index is 0.0361. The SMILES string of the molecule is CC(Nc1ccccc1SCC(F)(F)F)c1cc(Br)cs1. The molecule has 21 heavy (non-hydrogen) atoms. The average Bonchev–Trinajstić information content (AvgIpc) is 2.83. The van der Waals surface area contributed by atoms with Gasteiger partial charge in [0.15, 0.2) is 0 Å². The van der Waals surface area contributed by atoms with Crippen LogP contribution in [0.15, 0.2) is 45.1 Å². The predicted molar refractivity (Wildman–Crippen MR) is 87.3 cm³/mol. The summed E-state index contributed by atoms with van der Waals surface area (Å²) < 4.78 is 38.1. The molecule has 1 aromatic carbocycles. The number of rotatable bonds is 5. The van der Waals surface area contributed by atoms with E-state index in [2.05, 4.69) is 21.2 Å². The van der Waals surface area contributed by atoms with Gasteiger partial charge in [-0.25, -0.2) is 0 Å². The van der Waals surface area contributed by atoms with Crippen LogP contribution in [0.5, 0.6) is 0 Å². The highest BCUT2D eigenvalue weighted by atomic mass is 79.9. The molecule has 2 rings (SSSR count). The largest absolute Gasteiger partial charge is 0.398 e. The number of anilines is 1. The average molecular weight is 396 g/mol. The highest BCUT2D eigenvalue weighted by Gasteiger charge is 2.27. The van der Waals surface area contributed by atoms with Gasteiger partial charge in [-0.05, 0) is 41.1 Å². The van der Waals surface area contributed by atoms with E-state index >= 15 is 0 Å². The smallest absolute Gasteiger partial charge is 0.377 e. The lowest BCUT2D eigenvalue weighted by Gasteiger charge is -2.17. The Labute approximate surface area is 138 Å². The molecule has 114 valence electrons. The molecule has 1 nitrogen and oxygen atoms in total. The summed E-state index contributed by atoms with van der Waals surface area (Å²) in [5, 5.41) is 5.26.